The molecule has 0 bridgehead atoms. The summed E-state index contributed by atoms with van der Waals surface area (Å²) >= 11 is 3.75. The van der Waals surface area contributed by atoms with E-state index in [9.17, 15) is 0 Å². The fourth-order valence-electron chi connectivity index (χ4n) is 2.80. The number of nitrogens with zero attached hydrogens (tertiary/aromatic N) is 1. The Morgan fingerprint density at radius 3 is 2.65 bits per heavy atom. The van der Waals surface area contributed by atoms with E-state index in [0.29, 0.717) is 6.04 Å². The first-order valence-corrected chi connectivity index (χ1v) is 8.69. The van der Waals surface area contributed by atoms with Crippen molar-refractivity contribution in [2.45, 2.75) is 46.1 Å². The SMILES string of the molecule is CCCNC(C)c1ccc(N2CCC(C)CC2)cc1Br. The topological polar surface area (TPSA) is 15.3 Å². The summed E-state index contributed by atoms with van der Waals surface area (Å²) in [5, 5.41) is 3.55. The van der Waals surface area contributed by atoms with Gasteiger partial charge in [0.1, 0.15) is 0 Å². The molecule has 3 heteroatoms. The highest BCUT2D eigenvalue weighted by Crippen LogP contribution is 2.30. The molecule has 0 radical (unpaired) electrons. The molecule has 20 heavy (non-hydrogen) atoms. The lowest BCUT2D eigenvalue weighted by Gasteiger charge is -2.32. The van der Waals surface area contributed by atoms with Crippen LogP contribution in [0.25, 0.3) is 0 Å². The first kappa shape index (κ1) is 15.8. The fraction of sp³-hybridized carbons (Fsp3) is 0.647. The minimum Gasteiger partial charge on any atom is -0.371 e. The van der Waals surface area contributed by atoms with Crippen molar-refractivity contribution in [1.29, 1.82) is 0 Å². The second-order valence-electron chi connectivity index (χ2n) is 6.05. The van der Waals surface area contributed by atoms with Crippen LogP contribution in [0.4, 0.5) is 5.69 Å². The summed E-state index contributed by atoms with van der Waals surface area (Å²) in [5.74, 6) is 0.882. The van der Waals surface area contributed by atoms with Crippen molar-refractivity contribution in [3.63, 3.8) is 0 Å². The monoisotopic (exact) mass is 338 g/mol. The van der Waals surface area contributed by atoms with Crippen molar-refractivity contribution in [3.8, 4) is 0 Å². The molecule has 1 aromatic rings. The van der Waals surface area contributed by atoms with Gasteiger partial charge >= 0.3 is 0 Å². The predicted molar refractivity (Wildman–Crippen MR) is 91.5 cm³/mol. The zero-order valence-electron chi connectivity index (χ0n) is 13.0. The van der Waals surface area contributed by atoms with Gasteiger partial charge < -0.3 is 10.2 Å². The van der Waals surface area contributed by atoms with Gasteiger partial charge in [-0.05, 0) is 56.3 Å². The van der Waals surface area contributed by atoms with Crippen LogP contribution >= 0.6 is 15.9 Å². The molecule has 1 aliphatic rings. The third kappa shape index (κ3) is 3.98. The molecule has 0 aromatic heterocycles. The fourth-order valence-corrected chi connectivity index (χ4v) is 3.51. The summed E-state index contributed by atoms with van der Waals surface area (Å²) < 4.78 is 1.23. The van der Waals surface area contributed by atoms with E-state index in [1.165, 1.54) is 48.1 Å². The maximum Gasteiger partial charge on any atom is 0.0377 e. The second-order valence-corrected chi connectivity index (χ2v) is 6.91. The molecular formula is C17H27BrN2. The predicted octanol–water partition coefficient (Wildman–Crippen LogP) is 4.75. The van der Waals surface area contributed by atoms with Crippen molar-refractivity contribution in [2.24, 2.45) is 5.92 Å². The Hall–Kier alpha value is -0.540. The highest BCUT2D eigenvalue weighted by atomic mass is 79.9. The molecule has 0 saturated carbocycles. The van der Waals surface area contributed by atoms with Gasteiger partial charge in [0.25, 0.3) is 0 Å². The van der Waals surface area contributed by atoms with Gasteiger partial charge in [0.05, 0.1) is 0 Å². The highest BCUT2D eigenvalue weighted by molar-refractivity contribution is 9.10. The van der Waals surface area contributed by atoms with Crippen LogP contribution in [0.2, 0.25) is 0 Å². The summed E-state index contributed by atoms with van der Waals surface area (Å²) in [5.41, 5.74) is 2.71. The third-order valence-electron chi connectivity index (χ3n) is 4.30. The molecule has 1 fully saturated rings. The Labute approximate surface area is 132 Å². The molecule has 1 aliphatic heterocycles. The maximum absolute atomic E-state index is 3.75. The van der Waals surface area contributed by atoms with Gasteiger partial charge in [0, 0.05) is 29.3 Å². The van der Waals surface area contributed by atoms with Gasteiger partial charge in [-0.1, -0.05) is 35.8 Å². The summed E-state index contributed by atoms with van der Waals surface area (Å²) in [6.45, 7) is 10.2. The molecule has 1 atom stereocenters. The van der Waals surface area contributed by atoms with Gasteiger partial charge in [-0.15, -0.1) is 0 Å². The number of rotatable bonds is 5. The van der Waals surface area contributed by atoms with Crippen LogP contribution in [0, 0.1) is 5.92 Å². The average molecular weight is 339 g/mol. The molecule has 0 amide bonds. The van der Waals surface area contributed by atoms with E-state index in [1.807, 2.05) is 0 Å². The van der Waals surface area contributed by atoms with E-state index in [4.69, 9.17) is 0 Å². The summed E-state index contributed by atoms with van der Waals surface area (Å²) in [4.78, 5) is 2.51. The van der Waals surface area contributed by atoms with Crippen LogP contribution in [-0.2, 0) is 0 Å². The minimum atomic E-state index is 0.403. The van der Waals surface area contributed by atoms with Crippen molar-refractivity contribution in [1.82, 2.24) is 5.32 Å². The Morgan fingerprint density at radius 1 is 1.35 bits per heavy atom. The van der Waals surface area contributed by atoms with Gasteiger partial charge in [-0.25, -0.2) is 0 Å². The van der Waals surface area contributed by atoms with E-state index in [2.05, 4.69) is 65.1 Å². The lowest BCUT2D eigenvalue weighted by Crippen LogP contribution is -2.32. The molecule has 112 valence electrons. The van der Waals surface area contributed by atoms with Gasteiger partial charge in [0.15, 0.2) is 0 Å². The van der Waals surface area contributed by atoms with Crippen LogP contribution in [0.5, 0.6) is 0 Å². The number of anilines is 1. The largest absolute Gasteiger partial charge is 0.371 e. The molecule has 1 heterocycles. The molecule has 0 spiro atoms. The Balaban J connectivity index is 2.05. The van der Waals surface area contributed by atoms with E-state index in [0.717, 1.165) is 12.5 Å². The lowest BCUT2D eigenvalue weighted by atomic mass is 9.98. The Kier molecular flexibility index (Phi) is 5.91. The van der Waals surface area contributed by atoms with Crippen LogP contribution in [-0.4, -0.2) is 19.6 Å². The van der Waals surface area contributed by atoms with Crippen LogP contribution in [0.1, 0.15) is 51.6 Å². The van der Waals surface area contributed by atoms with Gasteiger partial charge in [0.2, 0.25) is 0 Å². The third-order valence-corrected chi connectivity index (χ3v) is 4.99. The summed E-state index contributed by atoms with van der Waals surface area (Å²) in [7, 11) is 0. The van der Waals surface area contributed by atoms with Gasteiger partial charge in [-0.3, -0.25) is 0 Å². The Bertz CT molecular complexity index is 425. The normalized spacial score (nSPS) is 18.3. The minimum absolute atomic E-state index is 0.403. The highest BCUT2D eigenvalue weighted by Gasteiger charge is 2.17. The van der Waals surface area contributed by atoms with Crippen LogP contribution in [0.3, 0.4) is 0 Å². The van der Waals surface area contributed by atoms with E-state index < -0.39 is 0 Å². The van der Waals surface area contributed by atoms with E-state index in [1.54, 1.807) is 0 Å². The summed E-state index contributed by atoms with van der Waals surface area (Å²) in [6, 6.07) is 7.24. The number of nitrogens with one attached hydrogen (secondary N) is 1. The van der Waals surface area contributed by atoms with Gasteiger partial charge in [-0.2, -0.15) is 0 Å². The standard InChI is InChI=1S/C17H27BrN2/c1-4-9-19-14(3)16-6-5-15(12-17(16)18)20-10-7-13(2)8-11-20/h5-6,12-14,19H,4,7-11H2,1-3H3. The van der Waals surface area contributed by atoms with Crippen molar-refractivity contribution in [3.05, 3.63) is 28.2 Å². The number of piperidine rings is 1. The van der Waals surface area contributed by atoms with Crippen molar-refractivity contribution < 1.29 is 0 Å². The van der Waals surface area contributed by atoms with E-state index in [-0.39, 0.29) is 0 Å². The first-order chi connectivity index (χ1) is 9.61. The summed E-state index contributed by atoms with van der Waals surface area (Å²) in [6.07, 6.45) is 3.80. The maximum atomic E-state index is 3.75. The quantitative estimate of drug-likeness (QED) is 0.833. The zero-order chi connectivity index (χ0) is 14.5. The molecule has 1 unspecified atom stereocenters. The molecule has 2 rings (SSSR count). The van der Waals surface area contributed by atoms with Crippen LogP contribution in [0.15, 0.2) is 22.7 Å². The Morgan fingerprint density at radius 2 is 2.05 bits per heavy atom. The van der Waals surface area contributed by atoms with Crippen molar-refractivity contribution in [2.75, 3.05) is 24.5 Å². The molecule has 2 nitrogen and oxygen atoms in total. The molecular weight excluding hydrogens is 312 g/mol. The molecule has 1 aromatic carbocycles. The van der Waals surface area contributed by atoms with E-state index >= 15 is 0 Å². The average Bonchev–Trinajstić information content (AvgIpc) is 2.45. The number of benzene rings is 1. The number of halogens is 1. The second kappa shape index (κ2) is 7.46. The van der Waals surface area contributed by atoms with Crippen molar-refractivity contribution >= 4 is 21.6 Å². The first-order valence-electron chi connectivity index (χ1n) is 7.89. The lowest BCUT2D eigenvalue weighted by molar-refractivity contribution is 0.438. The smallest absolute Gasteiger partial charge is 0.0377 e. The van der Waals surface area contributed by atoms with Crippen LogP contribution < -0.4 is 10.2 Å². The number of hydrogen-bond acceptors (Lipinski definition) is 2. The number of hydrogen-bond donors (Lipinski definition) is 1. The zero-order valence-corrected chi connectivity index (χ0v) is 14.5. The molecule has 0 aliphatic carbocycles. The molecule has 1 N–H and O–H groups in total. The molecule has 1 saturated heterocycles.